The van der Waals surface area contributed by atoms with Crippen LogP contribution in [-0.2, 0) is 4.79 Å². The molecule has 2 amide bonds. The molecule has 108 valence electrons. The van der Waals surface area contributed by atoms with Crippen LogP contribution in [0.15, 0.2) is 24.5 Å². The zero-order valence-corrected chi connectivity index (χ0v) is 12.1. The van der Waals surface area contributed by atoms with E-state index in [1.807, 2.05) is 7.05 Å². The summed E-state index contributed by atoms with van der Waals surface area (Å²) in [4.78, 5) is 34.0. The van der Waals surface area contributed by atoms with E-state index in [1.165, 1.54) is 11.1 Å². The number of nitrogens with zero attached hydrogens (tertiary/aromatic N) is 4. The van der Waals surface area contributed by atoms with Crippen LogP contribution in [0, 0.1) is 0 Å². The van der Waals surface area contributed by atoms with Crippen molar-refractivity contribution in [2.75, 3.05) is 40.8 Å². The largest absolute Gasteiger partial charge is 0.347 e. The smallest absolute Gasteiger partial charge is 0.256 e. The molecule has 1 atom stereocenters. The molecule has 0 aromatic carbocycles. The third-order valence-electron chi connectivity index (χ3n) is 3.48. The van der Waals surface area contributed by atoms with Crippen LogP contribution in [0.3, 0.4) is 0 Å². The summed E-state index contributed by atoms with van der Waals surface area (Å²) in [5.74, 6) is -0.180. The van der Waals surface area contributed by atoms with Gasteiger partial charge in [0.25, 0.3) is 5.91 Å². The van der Waals surface area contributed by atoms with E-state index >= 15 is 0 Å². The number of aromatic nitrogens is 1. The van der Waals surface area contributed by atoms with Crippen molar-refractivity contribution in [3.8, 4) is 0 Å². The van der Waals surface area contributed by atoms with Gasteiger partial charge in [-0.25, -0.2) is 0 Å². The van der Waals surface area contributed by atoms with E-state index in [1.54, 1.807) is 37.3 Å². The van der Waals surface area contributed by atoms with Crippen molar-refractivity contribution in [1.29, 1.82) is 0 Å². The quantitative estimate of drug-likeness (QED) is 0.758. The molecule has 0 aliphatic carbocycles. The maximum atomic E-state index is 12.5. The molecule has 1 unspecified atom stereocenters. The summed E-state index contributed by atoms with van der Waals surface area (Å²) in [6, 6.07) is 3.02. The van der Waals surface area contributed by atoms with Crippen molar-refractivity contribution in [2.45, 2.75) is 6.04 Å². The Morgan fingerprint density at radius 2 is 2.10 bits per heavy atom. The Bertz CT molecular complexity index is 489. The number of rotatable bonds is 2. The number of likely N-dealkylation sites (N-methyl/N-ethyl adjacent to an activating group) is 2. The Hall–Kier alpha value is -1.95. The molecule has 1 aliphatic rings. The zero-order chi connectivity index (χ0) is 14.7. The highest BCUT2D eigenvalue weighted by Crippen LogP contribution is 2.14. The lowest BCUT2D eigenvalue weighted by molar-refractivity contribution is -0.135. The second-order valence-electron chi connectivity index (χ2n) is 5.25. The number of carbonyl (C=O) groups excluding carboxylic acids is 2. The summed E-state index contributed by atoms with van der Waals surface area (Å²) < 4.78 is 0. The highest BCUT2D eigenvalue weighted by Gasteiger charge is 2.35. The molecule has 1 saturated heterocycles. The van der Waals surface area contributed by atoms with Gasteiger partial charge in [0, 0.05) is 46.1 Å². The fourth-order valence-electron chi connectivity index (χ4n) is 2.33. The van der Waals surface area contributed by atoms with Gasteiger partial charge in [0.05, 0.1) is 5.56 Å². The number of carbonyl (C=O) groups is 2. The van der Waals surface area contributed by atoms with Crippen molar-refractivity contribution in [3.63, 3.8) is 0 Å². The molecule has 1 fully saturated rings. The Balaban J connectivity index is 2.23. The van der Waals surface area contributed by atoms with Crippen molar-refractivity contribution in [3.05, 3.63) is 30.1 Å². The van der Waals surface area contributed by atoms with Gasteiger partial charge >= 0.3 is 0 Å². The monoisotopic (exact) mass is 276 g/mol. The molecule has 20 heavy (non-hydrogen) atoms. The minimum absolute atomic E-state index is 0.0474. The minimum Gasteiger partial charge on any atom is -0.347 e. The standard InChI is InChI=1S/C14H20N4O2/c1-16(2)14(20)12-10-17(3)7-8-18(12)13(19)11-5-4-6-15-9-11/h4-6,9,12H,7-8,10H2,1-3H3. The van der Waals surface area contributed by atoms with Crippen LogP contribution in [-0.4, -0.2) is 78.3 Å². The molecule has 1 aliphatic heterocycles. The molecular formula is C14H20N4O2. The second kappa shape index (κ2) is 6.00. The molecule has 2 heterocycles. The van der Waals surface area contributed by atoms with E-state index in [-0.39, 0.29) is 11.8 Å². The Kier molecular flexibility index (Phi) is 4.34. The third kappa shape index (κ3) is 2.96. The van der Waals surface area contributed by atoms with Crippen LogP contribution in [0.1, 0.15) is 10.4 Å². The number of amides is 2. The van der Waals surface area contributed by atoms with E-state index in [0.29, 0.717) is 18.7 Å². The third-order valence-corrected chi connectivity index (χ3v) is 3.48. The zero-order valence-electron chi connectivity index (χ0n) is 12.1. The second-order valence-corrected chi connectivity index (χ2v) is 5.25. The number of hydrogen-bond donors (Lipinski definition) is 0. The number of hydrogen-bond acceptors (Lipinski definition) is 4. The molecular weight excluding hydrogens is 256 g/mol. The lowest BCUT2D eigenvalue weighted by Gasteiger charge is -2.40. The average Bonchev–Trinajstić information content (AvgIpc) is 2.46. The van der Waals surface area contributed by atoms with Gasteiger partial charge in [-0.1, -0.05) is 0 Å². The van der Waals surface area contributed by atoms with Gasteiger partial charge in [-0.15, -0.1) is 0 Å². The molecule has 6 nitrogen and oxygen atoms in total. The average molecular weight is 276 g/mol. The van der Waals surface area contributed by atoms with E-state index in [2.05, 4.69) is 9.88 Å². The predicted octanol–water partition coefficient (Wildman–Crippen LogP) is -0.0740. The van der Waals surface area contributed by atoms with Crippen molar-refractivity contribution in [2.24, 2.45) is 0 Å². The summed E-state index contributed by atoms with van der Waals surface area (Å²) in [5, 5.41) is 0. The molecule has 0 N–H and O–H groups in total. The van der Waals surface area contributed by atoms with Crippen molar-refractivity contribution in [1.82, 2.24) is 19.7 Å². The topological polar surface area (TPSA) is 56.8 Å². The van der Waals surface area contributed by atoms with E-state index in [9.17, 15) is 9.59 Å². The molecule has 1 aromatic rings. The van der Waals surface area contributed by atoms with Crippen LogP contribution in [0.4, 0.5) is 0 Å². The highest BCUT2D eigenvalue weighted by atomic mass is 16.2. The van der Waals surface area contributed by atoms with Crippen LogP contribution in [0.5, 0.6) is 0 Å². The normalized spacial score (nSPS) is 19.8. The van der Waals surface area contributed by atoms with E-state index in [4.69, 9.17) is 0 Å². The summed E-state index contributed by atoms with van der Waals surface area (Å²) >= 11 is 0. The summed E-state index contributed by atoms with van der Waals surface area (Å²) in [6.07, 6.45) is 3.17. The van der Waals surface area contributed by atoms with Crippen molar-refractivity contribution < 1.29 is 9.59 Å². The van der Waals surface area contributed by atoms with Gasteiger partial charge in [-0.3, -0.25) is 14.6 Å². The Morgan fingerprint density at radius 1 is 1.35 bits per heavy atom. The van der Waals surface area contributed by atoms with Crippen LogP contribution in [0.25, 0.3) is 0 Å². The van der Waals surface area contributed by atoms with Gasteiger partial charge < -0.3 is 14.7 Å². The first-order chi connectivity index (χ1) is 9.50. The molecule has 0 bridgehead atoms. The number of piperazine rings is 1. The Labute approximate surface area is 119 Å². The molecule has 6 heteroatoms. The summed E-state index contributed by atoms with van der Waals surface area (Å²) in [7, 11) is 5.38. The SMILES string of the molecule is CN1CCN(C(=O)c2cccnc2)C(C(=O)N(C)C)C1. The van der Waals surface area contributed by atoms with Gasteiger partial charge in [-0.05, 0) is 19.2 Å². The van der Waals surface area contributed by atoms with Crippen LogP contribution < -0.4 is 0 Å². The fraction of sp³-hybridized carbons (Fsp3) is 0.500. The maximum absolute atomic E-state index is 12.5. The van der Waals surface area contributed by atoms with Crippen LogP contribution in [0.2, 0.25) is 0 Å². The predicted molar refractivity (Wildman–Crippen MR) is 75.3 cm³/mol. The van der Waals surface area contributed by atoms with Crippen molar-refractivity contribution >= 4 is 11.8 Å². The van der Waals surface area contributed by atoms with Gasteiger partial charge in [0.15, 0.2) is 0 Å². The molecule has 2 rings (SSSR count). The lowest BCUT2D eigenvalue weighted by atomic mass is 10.1. The van der Waals surface area contributed by atoms with Gasteiger partial charge in [-0.2, -0.15) is 0 Å². The van der Waals surface area contributed by atoms with Crippen LogP contribution >= 0.6 is 0 Å². The van der Waals surface area contributed by atoms with Gasteiger partial charge in [0.1, 0.15) is 6.04 Å². The first-order valence-corrected chi connectivity index (χ1v) is 6.61. The van der Waals surface area contributed by atoms with E-state index < -0.39 is 6.04 Å². The van der Waals surface area contributed by atoms with E-state index in [0.717, 1.165) is 6.54 Å². The highest BCUT2D eigenvalue weighted by molar-refractivity contribution is 5.97. The maximum Gasteiger partial charge on any atom is 0.256 e. The summed E-state index contributed by atoms with van der Waals surface area (Å²) in [6.45, 7) is 1.88. The first kappa shape index (κ1) is 14.5. The fourth-order valence-corrected chi connectivity index (χ4v) is 2.33. The molecule has 1 aromatic heterocycles. The molecule has 0 spiro atoms. The number of pyridine rings is 1. The summed E-state index contributed by atoms with van der Waals surface area (Å²) in [5.41, 5.74) is 0.522. The molecule has 0 radical (unpaired) electrons. The Morgan fingerprint density at radius 3 is 2.70 bits per heavy atom. The molecule has 0 saturated carbocycles. The lowest BCUT2D eigenvalue weighted by Crippen LogP contribution is -2.59. The van der Waals surface area contributed by atoms with Gasteiger partial charge in [0.2, 0.25) is 5.91 Å². The first-order valence-electron chi connectivity index (χ1n) is 6.61. The minimum atomic E-state index is -0.434.